The lowest BCUT2D eigenvalue weighted by Gasteiger charge is -2.21. The highest BCUT2D eigenvalue weighted by Gasteiger charge is 2.27. The van der Waals surface area contributed by atoms with Crippen molar-refractivity contribution < 1.29 is 0 Å². The van der Waals surface area contributed by atoms with Gasteiger partial charge in [0.1, 0.15) is 5.82 Å². The van der Waals surface area contributed by atoms with Gasteiger partial charge in [-0.15, -0.1) is 0 Å². The van der Waals surface area contributed by atoms with E-state index in [1.807, 2.05) is 17.8 Å². The van der Waals surface area contributed by atoms with Crippen LogP contribution in [0.5, 0.6) is 0 Å². The van der Waals surface area contributed by atoms with Crippen molar-refractivity contribution in [3.05, 3.63) is 16.7 Å². The Bertz CT molecular complexity index is 386. The average Bonchev–Trinajstić information content (AvgIpc) is 2.71. The van der Waals surface area contributed by atoms with E-state index in [1.54, 1.807) is 6.20 Å². The molecule has 1 aromatic heterocycles. The summed E-state index contributed by atoms with van der Waals surface area (Å²) in [5, 5.41) is 4.25. The van der Waals surface area contributed by atoms with E-state index in [-0.39, 0.29) is 0 Å². The zero-order chi connectivity index (χ0) is 12.3. The molecule has 0 aliphatic heterocycles. The lowest BCUT2D eigenvalue weighted by Crippen LogP contribution is -2.26. The highest BCUT2D eigenvalue weighted by Crippen LogP contribution is 2.33. The molecule has 94 valence electrons. The Morgan fingerprint density at radius 1 is 1.59 bits per heavy atom. The maximum absolute atomic E-state index is 5.69. The Balaban J connectivity index is 2.04. The summed E-state index contributed by atoms with van der Waals surface area (Å²) in [6.07, 6.45) is 5.55. The van der Waals surface area contributed by atoms with E-state index in [0.717, 1.165) is 10.3 Å². The molecule has 1 aromatic rings. The van der Waals surface area contributed by atoms with Gasteiger partial charge in [-0.1, -0.05) is 13.3 Å². The van der Waals surface area contributed by atoms with Crippen LogP contribution in [0.1, 0.15) is 26.2 Å². The Labute approximate surface area is 115 Å². The third-order valence-electron chi connectivity index (χ3n) is 3.02. The van der Waals surface area contributed by atoms with Crippen LogP contribution in [0.15, 0.2) is 16.7 Å². The van der Waals surface area contributed by atoms with Crippen molar-refractivity contribution in [2.45, 2.75) is 37.5 Å². The van der Waals surface area contributed by atoms with Crippen molar-refractivity contribution in [2.75, 3.05) is 16.8 Å². The number of hydrogen-bond donors (Lipinski definition) is 2. The third-order valence-corrected chi connectivity index (χ3v) is 4.95. The first kappa shape index (κ1) is 13.0. The van der Waals surface area contributed by atoms with Gasteiger partial charge in [0.2, 0.25) is 0 Å². The van der Waals surface area contributed by atoms with E-state index in [1.165, 1.54) is 25.0 Å². The molecular weight excluding hydrogens is 298 g/mol. The number of nitrogen functional groups attached to an aromatic ring is 1. The van der Waals surface area contributed by atoms with E-state index < -0.39 is 0 Å². The number of nitrogens with two attached hydrogens (primary N) is 1. The molecule has 17 heavy (non-hydrogen) atoms. The summed E-state index contributed by atoms with van der Waals surface area (Å²) in [5.41, 5.74) is 6.37. The van der Waals surface area contributed by atoms with Crippen molar-refractivity contribution in [3.63, 3.8) is 0 Å². The maximum Gasteiger partial charge on any atom is 0.140 e. The molecule has 1 aliphatic carbocycles. The topological polar surface area (TPSA) is 50.9 Å². The molecule has 1 aliphatic rings. The smallest absolute Gasteiger partial charge is 0.140 e. The molecule has 0 bridgehead atoms. The predicted octanol–water partition coefficient (Wildman–Crippen LogP) is 3.51. The highest BCUT2D eigenvalue weighted by atomic mass is 79.9. The fourth-order valence-corrected chi connectivity index (χ4v) is 3.92. The Hall–Kier alpha value is -0.420. The first-order chi connectivity index (χ1) is 8.20. The second kappa shape index (κ2) is 5.96. The highest BCUT2D eigenvalue weighted by molar-refractivity contribution is 9.10. The number of anilines is 2. The van der Waals surface area contributed by atoms with Crippen LogP contribution in [0.3, 0.4) is 0 Å². The van der Waals surface area contributed by atoms with Gasteiger partial charge in [-0.3, -0.25) is 0 Å². The van der Waals surface area contributed by atoms with E-state index in [9.17, 15) is 0 Å². The average molecular weight is 316 g/mol. The maximum atomic E-state index is 5.69. The van der Waals surface area contributed by atoms with Gasteiger partial charge in [0.25, 0.3) is 0 Å². The van der Waals surface area contributed by atoms with Crippen molar-refractivity contribution >= 4 is 39.2 Å². The Kier molecular flexibility index (Phi) is 4.56. The van der Waals surface area contributed by atoms with Crippen molar-refractivity contribution in [3.8, 4) is 0 Å². The lowest BCUT2D eigenvalue weighted by atomic mass is 10.2. The first-order valence-corrected chi connectivity index (χ1v) is 7.84. The van der Waals surface area contributed by atoms with Gasteiger partial charge in [0.05, 0.1) is 16.4 Å². The second-order valence-electron chi connectivity index (χ2n) is 4.27. The Morgan fingerprint density at radius 3 is 3.12 bits per heavy atom. The fraction of sp³-hybridized carbons (Fsp3) is 0.583. The number of rotatable bonds is 4. The molecule has 2 unspecified atom stereocenters. The molecule has 1 fully saturated rings. The minimum absolute atomic E-state index is 0.535. The SMILES string of the molecule is CCSC1CCCC1Nc1ncc(N)cc1Br. The molecule has 0 radical (unpaired) electrons. The van der Waals surface area contributed by atoms with Gasteiger partial charge < -0.3 is 11.1 Å². The van der Waals surface area contributed by atoms with Crippen LogP contribution in [0.2, 0.25) is 0 Å². The number of hydrogen-bond acceptors (Lipinski definition) is 4. The van der Waals surface area contributed by atoms with E-state index in [2.05, 4.69) is 33.2 Å². The van der Waals surface area contributed by atoms with Gasteiger partial charge in [0.15, 0.2) is 0 Å². The molecule has 0 aromatic carbocycles. The molecule has 0 spiro atoms. The van der Waals surface area contributed by atoms with Crippen LogP contribution in [0.4, 0.5) is 11.5 Å². The van der Waals surface area contributed by atoms with Crippen molar-refractivity contribution in [1.82, 2.24) is 4.98 Å². The van der Waals surface area contributed by atoms with Gasteiger partial charge >= 0.3 is 0 Å². The van der Waals surface area contributed by atoms with Crippen LogP contribution >= 0.6 is 27.7 Å². The van der Waals surface area contributed by atoms with Gasteiger partial charge in [-0.05, 0) is 40.6 Å². The summed E-state index contributed by atoms with van der Waals surface area (Å²) < 4.78 is 0.949. The summed E-state index contributed by atoms with van der Waals surface area (Å²) >= 11 is 5.55. The van der Waals surface area contributed by atoms with Crippen LogP contribution in [0.25, 0.3) is 0 Å². The molecule has 3 nitrogen and oxygen atoms in total. The molecule has 2 rings (SSSR count). The fourth-order valence-electron chi connectivity index (χ4n) is 2.24. The number of nitrogens with one attached hydrogen (secondary N) is 1. The number of pyridine rings is 1. The van der Waals surface area contributed by atoms with E-state index in [4.69, 9.17) is 5.73 Å². The van der Waals surface area contributed by atoms with Gasteiger partial charge in [-0.25, -0.2) is 4.98 Å². The molecule has 0 saturated heterocycles. The molecule has 5 heteroatoms. The zero-order valence-electron chi connectivity index (χ0n) is 9.95. The zero-order valence-corrected chi connectivity index (χ0v) is 12.4. The van der Waals surface area contributed by atoms with Crippen LogP contribution in [-0.2, 0) is 0 Å². The van der Waals surface area contributed by atoms with Crippen molar-refractivity contribution in [1.29, 1.82) is 0 Å². The van der Waals surface area contributed by atoms with Gasteiger partial charge in [-0.2, -0.15) is 11.8 Å². The molecular formula is C12H18BrN3S. The predicted molar refractivity (Wildman–Crippen MR) is 79.5 cm³/mol. The quantitative estimate of drug-likeness (QED) is 0.892. The number of thioether (sulfide) groups is 1. The van der Waals surface area contributed by atoms with Gasteiger partial charge in [0, 0.05) is 11.3 Å². The number of aromatic nitrogens is 1. The van der Waals surface area contributed by atoms with Crippen molar-refractivity contribution in [2.24, 2.45) is 0 Å². The number of nitrogens with zero attached hydrogens (tertiary/aromatic N) is 1. The minimum atomic E-state index is 0.535. The molecule has 1 saturated carbocycles. The Morgan fingerprint density at radius 2 is 2.41 bits per heavy atom. The molecule has 2 atom stereocenters. The lowest BCUT2D eigenvalue weighted by molar-refractivity contribution is 0.762. The molecule has 1 heterocycles. The van der Waals surface area contributed by atoms with E-state index >= 15 is 0 Å². The number of halogens is 1. The minimum Gasteiger partial charge on any atom is -0.397 e. The second-order valence-corrected chi connectivity index (χ2v) is 6.65. The van der Waals surface area contributed by atoms with Crippen LogP contribution in [-0.4, -0.2) is 22.0 Å². The summed E-state index contributed by atoms with van der Waals surface area (Å²) in [5.74, 6) is 2.09. The first-order valence-electron chi connectivity index (χ1n) is 6.00. The summed E-state index contributed by atoms with van der Waals surface area (Å²) in [6, 6.07) is 2.43. The molecule has 3 N–H and O–H groups in total. The largest absolute Gasteiger partial charge is 0.397 e. The molecule has 0 amide bonds. The monoisotopic (exact) mass is 315 g/mol. The summed E-state index contributed by atoms with van der Waals surface area (Å²) in [6.45, 7) is 2.22. The standard InChI is InChI=1S/C12H18BrN3S/c1-2-17-11-5-3-4-10(11)16-12-9(13)6-8(14)7-15-12/h6-7,10-11H,2-5,14H2,1H3,(H,15,16). The van der Waals surface area contributed by atoms with E-state index in [0.29, 0.717) is 17.0 Å². The summed E-state index contributed by atoms with van der Waals surface area (Å²) in [4.78, 5) is 4.34. The van der Waals surface area contributed by atoms with Crippen LogP contribution in [0, 0.1) is 0 Å². The third kappa shape index (κ3) is 3.28. The summed E-state index contributed by atoms with van der Waals surface area (Å²) in [7, 11) is 0. The normalized spacial score (nSPS) is 23.9. The van der Waals surface area contributed by atoms with Crippen LogP contribution < -0.4 is 11.1 Å².